The second kappa shape index (κ2) is 5.20. The molecule has 0 atom stereocenters. The highest BCUT2D eigenvalue weighted by Gasteiger charge is 2.11. The molecule has 0 bridgehead atoms. The molecule has 4 rings (SSSR count). The molecule has 0 unspecified atom stereocenters. The van der Waals surface area contributed by atoms with Crippen molar-refractivity contribution in [3.8, 4) is 22.9 Å². The molecule has 4 aromatic rings. The number of nitrogens with one attached hydrogen (secondary N) is 1. The van der Waals surface area contributed by atoms with Gasteiger partial charge in [0.2, 0.25) is 0 Å². The smallest absolute Gasteiger partial charge is 0.174 e. The van der Waals surface area contributed by atoms with E-state index < -0.39 is 0 Å². The first kappa shape index (κ1) is 13.4. The van der Waals surface area contributed by atoms with Gasteiger partial charge in [0.15, 0.2) is 11.6 Å². The van der Waals surface area contributed by atoms with Gasteiger partial charge in [-0.05, 0) is 42.5 Å². The molecule has 3 nitrogen and oxygen atoms in total. The van der Waals surface area contributed by atoms with Gasteiger partial charge in [-0.2, -0.15) is 0 Å². The van der Waals surface area contributed by atoms with Crippen LogP contribution in [-0.2, 0) is 0 Å². The summed E-state index contributed by atoms with van der Waals surface area (Å²) in [5.74, 6) is 2.10. The second-order valence-electron chi connectivity index (χ2n) is 4.90. The Kier molecular flexibility index (Phi) is 3.17. The van der Waals surface area contributed by atoms with Gasteiger partial charge in [0.25, 0.3) is 0 Å². The van der Waals surface area contributed by atoms with Gasteiger partial charge in [0, 0.05) is 5.56 Å². The number of para-hydroxylation sites is 2. The SMILES string of the molecule is Clc1ccc(-c2ccc(-c3nc4ccccc4[nH]3)o2)cc1Cl. The first-order chi connectivity index (χ1) is 10.7. The van der Waals surface area contributed by atoms with E-state index in [1.807, 2.05) is 42.5 Å². The molecule has 5 heteroatoms. The number of furan rings is 1. The average molecular weight is 329 g/mol. The highest BCUT2D eigenvalue weighted by Crippen LogP contribution is 2.32. The Morgan fingerprint density at radius 2 is 1.68 bits per heavy atom. The van der Waals surface area contributed by atoms with E-state index in [2.05, 4.69) is 9.97 Å². The van der Waals surface area contributed by atoms with E-state index in [-0.39, 0.29) is 0 Å². The van der Waals surface area contributed by atoms with Crippen molar-refractivity contribution in [2.75, 3.05) is 0 Å². The lowest BCUT2D eigenvalue weighted by Crippen LogP contribution is -1.76. The molecule has 0 aliphatic rings. The first-order valence-corrected chi connectivity index (χ1v) is 7.47. The number of aromatic amines is 1. The number of halogens is 2. The van der Waals surface area contributed by atoms with Gasteiger partial charge in [0.1, 0.15) is 5.76 Å². The third kappa shape index (κ3) is 2.28. The fourth-order valence-corrected chi connectivity index (χ4v) is 2.64. The molecule has 0 fully saturated rings. The predicted octanol–water partition coefficient (Wildman–Crippen LogP) is 5.80. The Balaban J connectivity index is 1.75. The van der Waals surface area contributed by atoms with Crippen LogP contribution in [0.1, 0.15) is 0 Å². The third-order valence-electron chi connectivity index (χ3n) is 3.43. The quantitative estimate of drug-likeness (QED) is 0.505. The number of nitrogens with zero attached hydrogens (tertiary/aromatic N) is 1. The number of imidazole rings is 1. The van der Waals surface area contributed by atoms with Crippen LogP contribution in [0, 0.1) is 0 Å². The standard InChI is InChI=1S/C17H10Cl2N2O/c18-11-6-5-10(9-12(11)19)15-7-8-16(22-15)17-20-13-3-1-2-4-14(13)21-17/h1-9H,(H,20,21). The Hall–Kier alpha value is -2.23. The van der Waals surface area contributed by atoms with E-state index in [1.165, 1.54) is 0 Å². The summed E-state index contributed by atoms with van der Waals surface area (Å²) >= 11 is 12.0. The van der Waals surface area contributed by atoms with Crippen molar-refractivity contribution in [2.24, 2.45) is 0 Å². The van der Waals surface area contributed by atoms with Crippen LogP contribution in [-0.4, -0.2) is 9.97 Å². The summed E-state index contributed by atoms with van der Waals surface area (Å²) in [5, 5.41) is 1.02. The Morgan fingerprint density at radius 1 is 0.864 bits per heavy atom. The zero-order chi connectivity index (χ0) is 15.1. The maximum atomic E-state index is 6.05. The van der Waals surface area contributed by atoms with Crippen molar-refractivity contribution in [1.82, 2.24) is 9.97 Å². The number of hydrogen-bond acceptors (Lipinski definition) is 2. The fraction of sp³-hybridized carbons (Fsp3) is 0. The van der Waals surface area contributed by atoms with Gasteiger partial charge in [-0.3, -0.25) is 0 Å². The van der Waals surface area contributed by atoms with Crippen LogP contribution < -0.4 is 0 Å². The van der Waals surface area contributed by atoms with Crippen LogP contribution in [0.4, 0.5) is 0 Å². The molecule has 0 saturated carbocycles. The second-order valence-corrected chi connectivity index (χ2v) is 5.71. The number of aromatic nitrogens is 2. The molecule has 0 radical (unpaired) electrons. The number of fused-ring (bicyclic) bond motifs is 1. The summed E-state index contributed by atoms with van der Waals surface area (Å²) in [7, 11) is 0. The van der Waals surface area contributed by atoms with E-state index in [1.54, 1.807) is 12.1 Å². The van der Waals surface area contributed by atoms with Crippen molar-refractivity contribution < 1.29 is 4.42 Å². The summed E-state index contributed by atoms with van der Waals surface area (Å²) < 4.78 is 5.88. The van der Waals surface area contributed by atoms with Gasteiger partial charge in [-0.25, -0.2) is 4.98 Å². The van der Waals surface area contributed by atoms with Crippen LogP contribution in [0.15, 0.2) is 59.0 Å². The molecular weight excluding hydrogens is 319 g/mol. The highest BCUT2D eigenvalue weighted by atomic mass is 35.5. The Bertz CT molecular complexity index is 939. The molecule has 1 N–H and O–H groups in total. The van der Waals surface area contributed by atoms with E-state index in [4.69, 9.17) is 27.6 Å². The largest absolute Gasteiger partial charge is 0.453 e. The van der Waals surface area contributed by atoms with E-state index in [0.717, 1.165) is 16.6 Å². The van der Waals surface area contributed by atoms with Gasteiger partial charge >= 0.3 is 0 Å². The van der Waals surface area contributed by atoms with Crippen molar-refractivity contribution in [3.63, 3.8) is 0 Å². The van der Waals surface area contributed by atoms with Crippen molar-refractivity contribution in [1.29, 1.82) is 0 Å². The van der Waals surface area contributed by atoms with Crippen LogP contribution in [0.25, 0.3) is 33.9 Å². The van der Waals surface area contributed by atoms with Gasteiger partial charge < -0.3 is 9.40 Å². The topological polar surface area (TPSA) is 41.8 Å². The van der Waals surface area contributed by atoms with Crippen LogP contribution in [0.5, 0.6) is 0 Å². The van der Waals surface area contributed by atoms with Crippen molar-refractivity contribution >= 4 is 34.2 Å². The summed E-state index contributed by atoms with van der Waals surface area (Å²) in [5.41, 5.74) is 2.76. The summed E-state index contributed by atoms with van der Waals surface area (Å²) in [4.78, 5) is 7.77. The molecule has 0 saturated heterocycles. The number of benzene rings is 2. The molecule has 0 spiro atoms. The summed E-state index contributed by atoms with van der Waals surface area (Å²) in [6.45, 7) is 0. The molecule has 2 aromatic carbocycles. The molecule has 0 amide bonds. The number of H-pyrrole nitrogens is 1. The Morgan fingerprint density at radius 3 is 2.50 bits per heavy atom. The van der Waals surface area contributed by atoms with Gasteiger partial charge in [-0.1, -0.05) is 35.3 Å². The zero-order valence-electron chi connectivity index (χ0n) is 11.3. The lowest BCUT2D eigenvalue weighted by molar-refractivity contribution is 0.593. The Labute approximate surface area is 136 Å². The maximum absolute atomic E-state index is 6.05. The summed E-state index contributed by atoms with van der Waals surface area (Å²) in [6, 6.07) is 17.0. The van der Waals surface area contributed by atoms with E-state index in [9.17, 15) is 0 Å². The molecule has 0 aliphatic heterocycles. The lowest BCUT2D eigenvalue weighted by Gasteiger charge is -1.99. The highest BCUT2D eigenvalue weighted by molar-refractivity contribution is 6.42. The maximum Gasteiger partial charge on any atom is 0.174 e. The minimum atomic E-state index is 0.501. The molecule has 2 aromatic heterocycles. The molecule has 108 valence electrons. The first-order valence-electron chi connectivity index (χ1n) is 6.71. The molecule has 22 heavy (non-hydrogen) atoms. The molecular formula is C17H10Cl2N2O. The normalized spacial score (nSPS) is 11.2. The lowest BCUT2D eigenvalue weighted by atomic mass is 10.2. The minimum Gasteiger partial charge on any atom is -0.453 e. The van der Waals surface area contributed by atoms with Gasteiger partial charge in [-0.15, -0.1) is 0 Å². The number of hydrogen-bond donors (Lipinski definition) is 1. The van der Waals surface area contributed by atoms with E-state index >= 15 is 0 Å². The minimum absolute atomic E-state index is 0.501. The molecule has 0 aliphatic carbocycles. The average Bonchev–Trinajstić information content (AvgIpc) is 3.15. The fourth-order valence-electron chi connectivity index (χ4n) is 2.34. The third-order valence-corrected chi connectivity index (χ3v) is 4.17. The van der Waals surface area contributed by atoms with Crippen molar-refractivity contribution in [3.05, 3.63) is 64.6 Å². The summed E-state index contributed by atoms with van der Waals surface area (Å²) in [6.07, 6.45) is 0. The van der Waals surface area contributed by atoms with Crippen molar-refractivity contribution in [2.45, 2.75) is 0 Å². The monoisotopic (exact) mass is 328 g/mol. The zero-order valence-corrected chi connectivity index (χ0v) is 12.8. The predicted molar refractivity (Wildman–Crippen MR) is 89.3 cm³/mol. The van der Waals surface area contributed by atoms with E-state index in [0.29, 0.717) is 27.4 Å². The van der Waals surface area contributed by atoms with Crippen LogP contribution >= 0.6 is 23.2 Å². The van der Waals surface area contributed by atoms with Crippen LogP contribution in [0.2, 0.25) is 10.0 Å². The van der Waals surface area contributed by atoms with Crippen LogP contribution in [0.3, 0.4) is 0 Å². The van der Waals surface area contributed by atoms with Gasteiger partial charge in [0.05, 0.1) is 21.1 Å². The number of rotatable bonds is 2. The molecule has 2 heterocycles.